The Bertz CT molecular complexity index is 931. The zero-order valence-corrected chi connectivity index (χ0v) is 13.2. The van der Waals surface area contributed by atoms with Crippen molar-refractivity contribution in [2.45, 2.75) is 6.42 Å². The van der Waals surface area contributed by atoms with Gasteiger partial charge >= 0.3 is 11.6 Å². The highest BCUT2D eigenvalue weighted by atomic mass is 16.6. The highest BCUT2D eigenvalue weighted by Crippen LogP contribution is 2.41. The highest BCUT2D eigenvalue weighted by molar-refractivity contribution is 5.75. The topological polar surface area (TPSA) is 81.4 Å². The summed E-state index contributed by atoms with van der Waals surface area (Å²) in [5.41, 5.74) is 1.83. The van der Waals surface area contributed by atoms with Crippen LogP contribution in [0.4, 0.5) is 17.2 Å². The van der Waals surface area contributed by atoms with Gasteiger partial charge in [-0.3, -0.25) is 10.1 Å². The summed E-state index contributed by atoms with van der Waals surface area (Å²) < 4.78 is 5.64. The maximum Gasteiger partial charge on any atom is 0.373 e. The van der Waals surface area contributed by atoms with Crippen molar-refractivity contribution in [1.29, 1.82) is 0 Å². The van der Waals surface area contributed by atoms with Crippen LogP contribution < -0.4 is 9.64 Å². The maximum absolute atomic E-state index is 11.7. The number of nitro groups is 1. The molecule has 0 fully saturated rings. The van der Waals surface area contributed by atoms with Crippen LogP contribution in [0.15, 0.2) is 60.9 Å². The van der Waals surface area contributed by atoms with E-state index in [1.165, 1.54) is 6.33 Å². The zero-order chi connectivity index (χ0) is 17.2. The standard InChI is InChI=1S/C18H14N4O3/c23-22(24)16-17(21-11-10-13-6-4-5-9-15(13)21)19-12-20-18(16)25-14-7-2-1-3-8-14/h1-9,12H,10-11H2. The van der Waals surface area contributed by atoms with Crippen LogP contribution >= 0.6 is 0 Å². The van der Waals surface area contributed by atoms with E-state index in [0.29, 0.717) is 12.3 Å². The van der Waals surface area contributed by atoms with Crippen molar-refractivity contribution in [3.63, 3.8) is 0 Å². The Morgan fingerprint density at radius 3 is 2.60 bits per heavy atom. The van der Waals surface area contributed by atoms with Crippen molar-refractivity contribution in [3.05, 3.63) is 76.6 Å². The van der Waals surface area contributed by atoms with Crippen molar-refractivity contribution in [1.82, 2.24) is 9.97 Å². The zero-order valence-electron chi connectivity index (χ0n) is 13.2. The number of benzene rings is 2. The lowest BCUT2D eigenvalue weighted by Gasteiger charge is -2.18. The molecule has 0 saturated heterocycles. The van der Waals surface area contributed by atoms with Crippen LogP contribution in [0.25, 0.3) is 0 Å². The van der Waals surface area contributed by atoms with Crippen LogP contribution in [0, 0.1) is 10.1 Å². The number of ether oxygens (including phenoxy) is 1. The SMILES string of the molecule is O=[N+]([O-])c1c(Oc2ccccc2)ncnc1N1CCc2ccccc21. The van der Waals surface area contributed by atoms with E-state index in [4.69, 9.17) is 4.74 Å². The Morgan fingerprint density at radius 2 is 1.80 bits per heavy atom. The van der Waals surface area contributed by atoms with E-state index in [-0.39, 0.29) is 17.4 Å². The Morgan fingerprint density at radius 1 is 1.04 bits per heavy atom. The van der Waals surface area contributed by atoms with Gasteiger partial charge in [0.25, 0.3) is 0 Å². The lowest BCUT2D eigenvalue weighted by molar-refractivity contribution is -0.385. The van der Waals surface area contributed by atoms with E-state index >= 15 is 0 Å². The van der Waals surface area contributed by atoms with Gasteiger partial charge < -0.3 is 9.64 Å². The first-order chi connectivity index (χ1) is 12.2. The van der Waals surface area contributed by atoms with Crippen molar-refractivity contribution >= 4 is 17.2 Å². The number of anilines is 2. The first-order valence-corrected chi connectivity index (χ1v) is 7.82. The number of aromatic nitrogens is 2. The minimum atomic E-state index is -0.492. The molecule has 0 N–H and O–H groups in total. The van der Waals surface area contributed by atoms with Crippen LogP contribution in [-0.4, -0.2) is 21.4 Å². The Balaban J connectivity index is 1.79. The number of hydrogen-bond donors (Lipinski definition) is 0. The van der Waals surface area contributed by atoms with Gasteiger partial charge in [0.2, 0.25) is 5.82 Å². The average molecular weight is 334 g/mol. The first kappa shape index (κ1) is 15.1. The molecule has 2 aromatic carbocycles. The third kappa shape index (κ3) is 2.76. The molecule has 0 atom stereocenters. The first-order valence-electron chi connectivity index (χ1n) is 7.82. The molecule has 4 rings (SSSR count). The summed E-state index contributed by atoms with van der Waals surface area (Å²) in [4.78, 5) is 21.2. The van der Waals surface area contributed by atoms with Crippen molar-refractivity contribution in [3.8, 4) is 11.6 Å². The molecule has 3 aromatic rings. The van der Waals surface area contributed by atoms with Crippen LogP contribution in [0.1, 0.15) is 5.56 Å². The van der Waals surface area contributed by atoms with Gasteiger partial charge in [-0.05, 0) is 30.2 Å². The number of rotatable bonds is 4. The molecule has 7 nitrogen and oxygen atoms in total. The van der Waals surface area contributed by atoms with Crippen molar-refractivity contribution in [2.75, 3.05) is 11.4 Å². The predicted octanol–water partition coefficient (Wildman–Crippen LogP) is 3.87. The molecule has 0 saturated carbocycles. The minimum absolute atomic E-state index is 0.0643. The smallest absolute Gasteiger partial charge is 0.373 e. The summed E-state index contributed by atoms with van der Waals surface area (Å²) in [6.07, 6.45) is 2.10. The lowest BCUT2D eigenvalue weighted by Crippen LogP contribution is -2.17. The molecule has 25 heavy (non-hydrogen) atoms. The molecule has 0 bridgehead atoms. The molecule has 0 aliphatic carbocycles. The summed E-state index contributed by atoms with van der Waals surface area (Å²) in [6.45, 7) is 0.627. The van der Waals surface area contributed by atoms with Crippen LogP contribution in [-0.2, 0) is 6.42 Å². The van der Waals surface area contributed by atoms with Gasteiger partial charge in [-0.1, -0.05) is 36.4 Å². The molecule has 7 heteroatoms. The number of fused-ring (bicyclic) bond motifs is 1. The molecular weight excluding hydrogens is 320 g/mol. The number of hydrogen-bond acceptors (Lipinski definition) is 6. The van der Waals surface area contributed by atoms with E-state index in [1.807, 2.05) is 35.2 Å². The van der Waals surface area contributed by atoms with Gasteiger partial charge in [-0.25, -0.2) is 4.98 Å². The Hall–Kier alpha value is -3.48. The van der Waals surface area contributed by atoms with Crippen LogP contribution in [0.5, 0.6) is 11.6 Å². The van der Waals surface area contributed by atoms with E-state index in [9.17, 15) is 10.1 Å². The fourth-order valence-corrected chi connectivity index (χ4v) is 2.94. The van der Waals surface area contributed by atoms with Crippen molar-refractivity contribution < 1.29 is 9.66 Å². The average Bonchev–Trinajstić information content (AvgIpc) is 3.06. The fourth-order valence-electron chi connectivity index (χ4n) is 2.94. The fraction of sp³-hybridized carbons (Fsp3) is 0.111. The van der Waals surface area contributed by atoms with E-state index in [2.05, 4.69) is 9.97 Å². The molecule has 0 radical (unpaired) electrons. The summed E-state index contributed by atoms with van der Waals surface area (Å²) in [7, 11) is 0. The molecule has 1 aliphatic rings. The van der Waals surface area contributed by atoms with Gasteiger partial charge in [0.15, 0.2) is 0 Å². The van der Waals surface area contributed by atoms with Crippen molar-refractivity contribution in [2.24, 2.45) is 0 Å². The number of nitrogens with zero attached hydrogens (tertiary/aromatic N) is 4. The van der Waals surface area contributed by atoms with E-state index in [1.54, 1.807) is 24.3 Å². The van der Waals surface area contributed by atoms with Crippen LogP contribution in [0.2, 0.25) is 0 Å². The maximum atomic E-state index is 11.7. The van der Waals surface area contributed by atoms with Gasteiger partial charge in [0.1, 0.15) is 12.1 Å². The lowest BCUT2D eigenvalue weighted by atomic mass is 10.2. The predicted molar refractivity (Wildman–Crippen MR) is 92.4 cm³/mol. The monoisotopic (exact) mass is 334 g/mol. The summed E-state index contributed by atoms with van der Waals surface area (Å²) in [6, 6.07) is 16.7. The second kappa shape index (κ2) is 6.20. The van der Waals surface area contributed by atoms with Gasteiger partial charge in [0, 0.05) is 12.2 Å². The van der Waals surface area contributed by atoms with E-state index in [0.717, 1.165) is 17.7 Å². The Kier molecular flexibility index (Phi) is 3.74. The molecule has 0 amide bonds. The molecule has 0 spiro atoms. The number of para-hydroxylation sites is 2. The van der Waals surface area contributed by atoms with Crippen LogP contribution in [0.3, 0.4) is 0 Å². The quantitative estimate of drug-likeness (QED) is 0.532. The third-order valence-electron chi connectivity index (χ3n) is 4.05. The molecule has 124 valence electrons. The second-order valence-electron chi connectivity index (χ2n) is 5.55. The van der Waals surface area contributed by atoms with Gasteiger partial charge in [-0.15, -0.1) is 0 Å². The summed E-state index contributed by atoms with van der Waals surface area (Å²) in [5.74, 6) is 0.665. The van der Waals surface area contributed by atoms with Gasteiger partial charge in [0.05, 0.1) is 4.92 Å². The van der Waals surface area contributed by atoms with Gasteiger partial charge in [-0.2, -0.15) is 4.98 Å². The molecule has 1 aliphatic heterocycles. The normalized spacial score (nSPS) is 12.7. The highest BCUT2D eigenvalue weighted by Gasteiger charge is 2.32. The molecule has 1 aromatic heterocycles. The minimum Gasteiger partial charge on any atom is -0.434 e. The Labute approximate surface area is 143 Å². The summed E-state index contributed by atoms with van der Waals surface area (Å²) in [5, 5.41) is 11.7. The third-order valence-corrected chi connectivity index (χ3v) is 4.05. The summed E-state index contributed by atoms with van der Waals surface area (Å²) >= 11 is 0. The second-order valence-corrected chi connectivity index (χ2v) is 5.55. The van der Waals surface area contributed by atoms with E-state index < -0.39 is 4.92 Å². The molecular formula is C18H14N4O3. The molecule has 2 heterocycles. The molecule has 0 unspecified atom stereocenters. The largest absolute Gasteiger partial charge is 0.434 e.